The number of benzene rings is 1. The molecule has 1 heterocycles. The summed E-state index contributed by atoms with van der Waals surface area (Å²) in [5, 5.41) is 0. The summed E-state index contributed by atoms with van der Waals surface area (Å²) in [6, 6.07) is 10.1. The van der Waals surface area contributed by atoms with E-state index >= 15 is 0 Å². The summed E-state index contributed by atoms with van der Waals surface area (Å²) >= 11 is 0. The first kappa shape index (κ1) is 10.9. The van der Waals surface area contributed by atoms with E-state index in [0.29, 0.717) is 17.8 Å². The number of carbonyl (C=O) groups is 1. The molecule has 18 heavy (non-hydrogen) atoms. The summed E-state index contributed by atoms with van der Waals surface area (Å²) in [6.45, 7) is 0. The minimum atomic E-state index is 0.0446. The molecule has 0 amide bonds. The molecule has 1 aromatic carbocycles. The van der Waals surface area contributed by atoms with Gasteiger partial charge in [0.1, 0.15) is 12.1 Å². The summed E-state index contributed by atoms with van der Waals surface area (Å²) in [5.41, 5.74) is 8.21. The fourth-order valence-corrected chi connectivity index (χ4v) is 2.49. The fourth-order valence-electron chi connectivity index (χ4n) is 2.49. The summed E-state index contributed by atoms with van der Waals surface area (Å²) in [5.74, 6) is 0.542. The number of nitrogens with zero attached hydrogens (tertiary/aromatic N) is 2. The Kier molecular flexibility index (Phi) is 2.55. The Morgan fingerprint density at radius 3 is 2.67 bits per heavy atom. The van der Waals surface area contributed by atoms with E-state index in [4.69, 9.17) is 5.73 Å². The van der Waals surface area contributed by atoms with Crippen LogP contribution >= 0.6 is 0 Å². The van der Waals surface area contributed by atoms with Gasteiger partial charge in [-0.3, -0.25) is 4.79 Å². The van der Waals surface area contributed by atoms with Gasteiger partial charge in [-0.2, -0.15) is 0 Å². The van der Waals surface area contributed by atoms with Gasteiger partial charge in [-0.1, -0.05) is 30.3 Å². The molecule has 0 bridgehead atoms. The van der Waals surface area contributed by atoms with Gasteiger partial charge in [-0.25, -0.2) is 9.97 Å². The number of nitrogen functional groups attached to an aromatic ring is 1. The standard InChI is InChI=1S/C14H13N3O/c15-14-13-11(16-8-17-14)6-10(7-12(13)18)9-4-2-1-3-5-9/h1-5,8,10H,6-7H2,(H2,15,16,17)/t10-/m1/s1. The molecule has 0 spiro atoms. The molecule has 1 aromatic heterocycles. The SMILES string of the molecule is Nc1ncnc2c1C(=O)C[C@H](c1ccccc1)C2. The van der Waals surface area contributed by atoms with Gasteiger partial charge in [0.05, 0.1) is 11.3 Å². The molecule has 3 rings (SSSR count). The monoisotopic (exact) mass is 239 g/mol. The van der Waals surface area contributed by atoms with E-state index in [1.54, 1.807) is 0 Å². The Balaban J connectivity index is 2.00. The zero-order valence-corrected chi connectivity index (χ0v) is 9.84. The number of carbonyl (C=O) groups excluding carboxylic acids is 1. The van der Waals surface area contributed by atoms with Crippen LogP contribution in [0.3, 0.4) is 0 Å². The molecular formula is C14H13N3O. The number of nitrogens with two attached hydrogens (primary N) is 1. The largest absolute Gasteiger partial charge is 0.383 e. The van der Waals surface area contributed by atoms with Crippen LogP contribution in [0.2, 0.25) is 0 Å². The van der Waals surface area contributed by atoms with Gasteiger partial charge in [0.2, 0.25) is 0 Å². The summed E-state index contributed by atoms with van der Waals surface area (Å²) in [4.78, 5) is 20.2. The zero-order chi connectivity index (χ0) is 12.5. The van der Waals surface area contributed by atoms with Crippen LogP contribution in [0, 0.1) is 0 Å². The van der Waals surface area contributed by atoms with Crippen LogP contribution in [-0.2, 0) is 6.42 Å². The number of anilines is 1. The van der Waals surface area contributed by atoms with E-state index in [9.17, 15) is 4.79 Å². The molecule has 90 valence electrons. The maximum atomic E-state index is 12.1. The molecule has 0 saturated carbocycles. The quantitative estimate of drug-likeness (QED) is 0.826. The second kappa shape index (κ2) is 4.22. The van der Waals surface area contributed by atoms with Crippen molar-refractivity contribution in [3.63, 3.8) is 0 Å². The van der Waals surface area contributed by atoms with Crippen molar-refractivity contribution in [1.82, 2.24) is 9.97 Å². The highest BCUT2D eigenvalue weighted by Gasteiger charge is 2.29. The number of fused-ring (bicyclic) bond motifs is 1. The van der Waals surface area contributed by atoms with Gasteiger partial charge in [0, 0.05) is 6.42 Å². The molecule has 1 atom stereocenters. The van der Waals surface area contributed by atoms with Crippen molar-refractivity contribution >= 4 is 11.6 Å². The zero-order valence-electron chi connectivity index (χ0n) is 9.84. The third kappa shape index (κ3) is 1.76. The first-order valence-electron chi connectivity index (χ1n) is 5.93. The van der Waals surface area contributed by atoms with Crippen molar-refractivity contribution in [3.8, 4) is 0 Å². The molecule has 4 heteroatoms. The highest BCUT2D eigenvalue weighted by molar-refractivity contribution is 6.02. The van der Waals surface area contributed by atoms with Gasteiger partial charge in [-0.05, 0) is 17.9 Å². The van der Waals surface area contributed by atoms with E-state index in [2.05, 4.69) is 9.97 Å². The van der Waals surface area contributed by atoms with Crippen molar-refractivity contribution < 1.29 is 4.79 Å². The van der Waals surface area contributed by atoms with Crippen molar-refractivity contribution in [2.24, 2.45) is 0 Å². The number of Topliss-reactive ketones (excluding diaryl/α,β-unsaturated/α-hetero) is 1. The highest BCUT2D eigenvalue weighted by atomic mass is 16.1. The number of hydrogen-bond acceptors (Lipinski definition) is 4. The van der Waals surface area contributed by atoms with Crippen LogP contribution in [0.5, 0.6) is 0 Å². The third-order valence-electron chi connectivity index (χ3n) is 3.38. The Morgan fingerprint density at radius 1 is 1.11 bits per heavy atom. The Labute approximate surface area is 105 Å². The summed E-state index contributed by atoms with van der Waals surface area (Å²) < 4.78 is 0. The minimum Gasteiger partial charge on any atom is -0.383 e. The number of ketones is 1. The summed E-state index contributed by atoms with van der Waals surface area (Å²) in [6.07, 6.45) is 2.65. The molecule has 2 aromatic rings. The number of hydrogen-bond donors (Lipinski definition) is 1. The van der Waals surface area contributed by atoms with Crippen LogP contribution in [0.1, 0.15) is 34.0 Å². The molecular weight excluding hydrogens is 226 g/mol. The number of rotatable bonds is 1. The van der Waals surface area contributed by atoms with Gasteiger partial charge in [0.25, 0.3) is 0 Å². The van der Waals surface area contributed by atoms with Crippen LogP contribution in [0.4, 0.5) is 5.82 Å². The molecule has 0 unspecified atom stereocenters. The van der Waals surface area contributed by atoms with E-state index in [0.717, 1.165) is 12.1 Å². The Bertz CT molecular complexity index is 595. The molecule has 1 aliphatic carbocycles. The normalized spacial score (nSPS) is 18.4. The lowest BCUT2D eigenvalue weighted by atomic mass is 9.82. The predicted molar refractivity (Wildman–Crippen MR) is 68.3 cm³/mol. The minimum absolute atomic E-state index is 0.0446. The van der Waals surface area contributed by atoms with E-state index in [1.807, 2.05) is 30.3 Å². The first-order chi connectivity index (χ1) is 8.75. The maximum Gasteiger partial charge on any atom is 0.169 e. The topological polar surface area (TPSA) is 68.9 Å². The summed E-state index contributed by atoms with van der Waals surface area (Å²) in [7, 11) is 0. The first-order valence-corrected chi connectivity index (χ1v) is 5.93. The smallest absolute Gasteiger partial charge is 0.169 e. The van der Waals surface area contributed by atoms with Crippen LogP contribution in [0.25, 0.3) is 0 Å². The Morgan fingerprint density at radius 2 is 1.89 bits per heavy atom. The predicted octanol–water partition coefficient (Wildman–Crippen LogP) is 1.97. The molecule has 0 fully saturated rings. The average Bonchev–Trinajstić information content (AvgIpc) is 2.39. The average molecular weight is 239 g/mol. The second-order valence-electron chi connectivity index (χ2n) is 4.52. The lowest BCUT2D eigenvalue weighted by Gasteiger charge is -2.23. The molecule has 0 aliphatic heterocycles. The van der Waals surface area contributed by atoms with Crippen molar-refractivity contribution in [2.45, 2.75) is 18.8 Å². The molecule has 0 radical (unpaired) electrons. The van der Waals surface area contributed by atoms with E-state index in [1.165, 1.54) is 11.9 Å². The molecule has 0 saturated heterocycles. The fraction of sp³-hybridized carbons (Fsp3) is 0.214. The number of aromatic nitrogens is 2. The van der Waals surface area contributed by atoms with E-state index in [-0.39, 0.29) is 11.7 Å². The third-order valence-corrected chi connectivity index (χ3v) is 3.38. The second-order valence-corrected chi connectivity index (χ2v) is 4.52. The molecule has 2 N–H and O–H groups in total. The Hall–Kier alpha value is -2.23. The van der Waals surface area contributed by atoms with E-state index < -0.39 is 0 Å². The lowest BCUT2D eigenvalue weighted by Crippen LogP contribution is -2.22. The van der Waals surface area contributed by atoms with Gasteiger partial charge in [-0.15, -0.1) is 0 Å². The lowest BCUT2D eigenvalue weighted by molar-refractivity contribution is 0.0963. The highest BCUT2D eigenvalue weighted by Crippen LogP contribution is 2.32. The maximum absolute atomic E-state index is 12.1. The van der Waals surface area contributed by atoms with Crippen LogP contribution < -0.4 is 5.73 Å². The van der Waals surface area contributed by atoms with Crippen LogP contribution in [-0.4, -0.2) is 15.8 Å². The van der Waals surface area contributed by atoms with Gasteiger partial charge < -0.3 is 5.73 Å². The molecule has 1 aliphatic rings. The van der Waals surface area contributed by atoms with Crippen molar-refractivity contribution in [2.75, 3.05) is 5.73 Å². The van der Waals surface area contributed by atoms with Crippen LogP contribution in [0.15, 0.2) is 36.7 Å². The van der Waals surface area contributed by atoms with Gasteiger partial charge >= 0.3 is 0 Å². The van der Waals surface area contributed by atoms with Crippen molar-refractivity contribution in [3.05, 3.63) is 53.5 Å². The van der Waals surface area contributed by atoms with Crippen molar-refractivity contribution in [1.29, 1.82) is 0 Å². The van der Waals surface area contributed by atoms with Gasteiger partial charge in [0.15, 0.2) is 5.78 Å². The molecule has 4 nitrogen and oxygen atoms in total.